The van der Waals surface area contributed by atoms with E-state index in [0.29, 0.717) is 6.54 Å². The average Bonchev–Trinajstić information content (AvgIpc) is 2.55. The van der Waals surface area contributed by atoms with Crippen molar-refractivity contribution in [1.29, 1.82) is 0 Å². The highest BCUT2D eigenvalue weighted by Gasteiger charge is 2.24. The van der Waals surface area contributed by atoms with Crippen LogP contribution in [-0.4, -0.2) is 48.7 Å². The second-order valence-electron chi connectivity index (χ2n) is 3.13. The molecule has 1 fully saturated rings. The molecule has 0 bridgehead atoms. The van der Waals surface area contributed by atoms with Crippen molar-refractivity contribution in [1.82, 2.24) is 10.2 Å². The summed E-state index contributed by atoms with van der Waals surface area (Å²) in [4.78, 5) is 13.1. The number of nitrogens with one attached hydrogen (secondary N) is 1. The van der Waals surface area contributed by atoms with Gasteiger partial charge in [0.1, 0.15) is 0 Å². The molecular weight excluding hydrogens is 156 g/mol. The van der Waals surface area contributed by atoms with E-state index in [2.05, 4.69) is 5.32 Å². The minimum absolute atomic E-state index is 0.0125. The van der Waals surface area contributed by atoms with Crippen LogP contribution in [0.5, 0.6) is 0 Å². The van der Waals surface area contributed by atoms with Gasteiger partial charge in [-0.1, -0.05) is 0 Å². The molecule has 1 amide bonds. The van der Waals surface area contributed by atoms with Gasteiger partial charge in [-0.15, -0.1) is 0 Å². The fraction of sp³-hybridized carbons (Fsp3) is 0.875. The van der Waals surface area contributed by atoms with Crippen LogP contribution in [0, 0.1) is 0 Å². The third-order valence-electron chi connectivity index (χ3n) is 2.17. The van der Waals surface area contributed by atoms with Crippen LogP contribution in [0.25, 0.3) is 0 Å². The Morgan fingerprint density at radius 1 is 1.75 bits per heavy atom. The molecular formula is C8H16N2O2. The molecule has 1 saturated heterocycles. The highest BCUT2D eigenvalue weighted by Crippen LogP contribution is 2.07. The number of likely N-dealkylation sites (N-methyl/N-ethyl adjacent to an activating group) is 1. The number of carbonyl (C=O) groups excluding carboxylic acids is 1. The minimum atomic E-state index is -0.0125. The van der Waals surface area contributed by atoms with Gasteiger partial charge in [-0.05, 0) is 19.4 Å². The number of hydrogen-bond acceptors (Lipinski definition) is 3. The Morgan fingerprint density at radius 3 is 3.00 bits per heavy atom. The van der Waals surface area contributed by atoms with Crippen molar-refractivity contribution in [2.24, 2.45) is 0 Å². The summed E-state index contributed by atoms with van der Waals surface area (Å²) in [7, 11) is 1.72. The van der Waals surface area contributed by atoms with Gasteiger partial charge in [0.2, 0.25) is 5.91 Å². The first-order valence-corrected chi connectivity index (χ1v) is 4.35. The molecule has 1 aliphatic rings. The highest BCUT2D eigenvalue weighted by atomic mass is 16.3. The number of nitrogens with zero attached hydrogens (tertiary/aromatic N) is 1. The second kappa shape index (κ2) is 4.42. The van der Waals surface area contributed by atoms with Gasteiger partial charge >= 0.3 is 0 Å². The lowest BCUT2D eigenvalue weighted by molar-refractivity contribution is -0.132. The summed E-state index contributed by atoms with van der Waals surface area (Å²) in [5.74, 6) is 0.0987. The normalized spacial score (nSPS) is 22.7. The quantitative estimate of drug-likeness (QED) is 0.585. The van der Waals surface area contributed by atoms with Crippen LogP contribution >= 0.6 is 0 Å². The van der Waals surface area contributed by atoms with Crippen molar-refractivity contribution in [3.8, 4) is 0 Å². The molecule has 2 N–H and O–H groups in total. The third kappa shape index (κ3) is 2.19. The largest absolute Gasteiger partial charge is 0.395 e. The van der Waals surface area contributed by atoms with Crippen LogP contribution in [0.3, 0.4) is 0 Å². The maximum absolute atomic E-state index is 11.5. The number of hydrogen-bond donors (Lipinski definition) is 2. The first-order chi connectivity index (χ1) is 5.75. The van der Waals surface area contributed by atoms with E-state index in [4.69, 9.17) is 5.11 Å². The Balaban J connectivity index is 2.34. The van der Waals surface area contributed by atoms with Crippen molar-refractivity contribution in [3.63, 3.8) is 0 Å². The maximum atomic E-state index is 11.5. The molecule has 0 aliphatic carbocycles. The molecule has 70 valence electrons. The Labute approximate surface area is 72.6 Å². The van der Waals surface area contributed by atoms with Crippen molar-refractivity contribution >= 4 is 5.91 Å². The van der Waals surface area contributed by atoms with Crippen LogP contribution in [0.4, 0.5) is 0 Å². The van der Waals surface area contributed by atoms with Gasteiger partial charge in [-0.25, -0.2) is 0 Å². The van der Waals surface area contributed by atoms with Crippen molar-refractivity contribution in [2.75, 3.05) is 26.7 Å². The molecule has 0 aromatic heterocycles. The van der Waals surface area contributed by atoms with E-state index in [0.717, 1.165) is 19.4 Å². The van der Waals surface area contributed by atoms with E-state index in [1.165, 1.54) is 0 Å². The summed E-state index contributed by atoms with van der Waals surface area (Å²) in [5, 5.41) is 11.7. The standard InChI is InChI=1S/C8H16N2O2/c1-10(5-6-11)8(12)7-3-2-4-9-7/h7,9,11H,2-6H2,1H3/t7-/m1/s1. The zero-order chi connectivity index (χ0) is 8.97. The Kier molecular flexibility index (Phi) is 3.49. The zero-order valence-corrected chi connectivity index (χ0v) is 7.42. The molecule has 4 nitrogen and oxygen atoms in total. The number of rotatable bonds is 3. The van der Waals surface area contributed by atoms with E-state index in [9.17, 15) is 4.79 Å². The van der Waals surface area contributed by atoms with Gasteiger partial charge in [0, 0.05) is 13.6 Å². The Hall–Kier alpha value is -0.610. The first-order valence-electron chi connectivity index (χ1n) is 4.35. The summed E-state index contributed by atoms with van der Waals surface area (Å²) in [6.45, 7) is 1.40. The van der Waals surface area contributed by atoms with Crippen LogP contribution < -0.4 is 5.32 Å². The van der Waals surface area contributed by atoms with E-state index in [1.807, 2.05) is 0 Å². The fourth-order valence-electron chi connectivity index (χ4n) is 1.42. The highest BCUT2D eigenvalue weighted by molar-refractivity contribution is 5.81. The van der Waals surface area contributed by atoms with Crippen LogP contribution in [0.2, 0.25) is 0 Å². The summed E-state index contributed by atoms with van der Waals surface area (Å²) in [6, 6.07) is -0.0125. The van der Waals surface area contributed by atoms with E-state index in [-0.39, 0.29) is 18.6 Å². The lowest BCUT2D eigenvalue weighted by Crippen LogP contribution is -2.42. The SMILES string of the molecule is CN(CCO)C(=O)[C@H]1CCCN1. The number of carbonyl (C=O) groups is 1. The number of aliphatic hydroxyl groups is 1. The molecule has 0 unspecified atom stereocenters. The van der Waals surface area contributed by atoms with Gasteiger partial charge in [-0.2, -0.15) is 0 Å². The lowest BCUT2D eigenvalue weighted by Gasteiger charge is -2.19. The average molecular weight is 172 g/mol. The van der Waals surface area contributed by atoms with Crippen molar-refractivity contribution in [3.05, 3.63) is 0 Å². The Morgan fingerprint density at radius 2 is 2.50 bits per heavy atom. The fourth-order valence-corrected chi connectivity index (χ4v) is 1.42. The first kappa shape index (κ1) is 9.48. The summed E-state index contributed by atoms with van der Waals surface area (Å²) >= 11 is 0. The predicted molar refractivity (Wildman–Crippen MR) is 45.7 cm³/mol. The molecule has 0 spiro atoms. The van der Waals surface area contributed by atoms with Crippen LogP contribution in [-0.2, 0) is 4.79 Å². The molecule has 1 rings (SSSR count). The molecule has 12 heavy (non-hydrogen) atoms. The molecule has 0 saturated carbocycles. The molecule has 1 aliphatic heterocycles. The molecule has 1 heterocycles. The predicted octanol–water partition coefficient (Wildman–Crippen LogP) is -0.811. The molecule has 0 radical (unpaired) electrons. The van der Waals surface area contributed by atoms with Gasteiger partial charge in [0.25, 0.3) is 0 Å². The summed E-state index contributed by atoms with van der Waals surface area (Å²) < 4.78 is 0. The third-order valence-corrected chi connectivity index (χ3v) is 2.17. The molecule has 0 aromatic carbocycles. The monoisotopic (exact) mass is 172 g/mol. The van der Waals surface area contributed by atoms with Gasteiger partial charge in [0.15, 0.2) is 0 Å². The van der Waals surface area contributed by atoms with Gasteiger partial charge < -0.3 is 15.3 Å². The van der Waals surface area contributed by atoms with Gasteiger partial charge in [0.05, 0.1) is 12.6 Å². The molecule has 0 aromatic rings. The molecule has 1 atom stereocenters. The van der Waals surface area contributed by atoms with E-state index in [1.54, 1.807) is 11.9 Å². The Bertz CT molecular complexity index is 155. The van der Waals surface area contributed by atoms with E-state index < -0.39 is 0 Å². The van der Waals surface area contributed by atoms with Crippen LogP contribution in [0.1, 0.15) is 12.8 Å². The summed E-state index contributed by atoms with van der Waals surface area (Å²) in [6.07, 6.45) is 2.00. The second-order valence-corrected chi connectivity index (χ2v) is 3.13. The van der Waals surface area contributed by atoms with Crippen molar-refractivity contribution in [2.45, 2.75) is 18.9 Å². The topological polar surface area (TPSA) is 52.6 Å². The molecule has 4 heteroatoms. The number of amides is 1. The summed E-state index contributed by atoms with van der Waals surface area (Å²) in [5.41, 5.74) is 0. The smallest absolute Gasteiger partial charge is 0.239 e. The zero-order valence-electron chi connectivity index (χ0n) is 7.42. The maximum Gasteiger partial charge on any atom is 0.239 e. The number of aliphatic hydroxyl groups excluding tert-OH is 1. The lowest BCUT2D eigenvalue weighted by atomic mass is 10.2. The van der Waals surface area contributed by atoms with Gasteiger partial charge in [-0.3, -0.25) is 4.79 Å². The van der Waals surface area contributed by atoms with E-state index >= 15 is 0 Å². The van der Waals surface area contributed by atoms with Crippen LogP contribution in [0.15, 0.2) is 0 Å². The minimum Gasteiger partial charge on any atom is -0.395 e. The van der Waals surface area contributed by atoms with Crippen molar-refractivity contribution < 1.29 is 9.90 Å².